The molecule has 2 N–H and O–H groups in total. The van der Waals surface area contributed by atoms with Crippen molar-refractivity contribution in [2.45, 2.75) is 32.4 Å². The Kier molecular flexibility index (Phi) is 4.60. The molecule has 0 aliphatic carbocycles. The van der Waals surface area contributed by atoms with E-state index in [2.05, 4.69) is 11.8 Å². The van der Waals surface area contributed by atoms with Crippen molar-refractivity contribution >= 4 is 11.6 Å². The second-order valence-corrected chi connectivity index (χ2v) is 5.65. The zero-order chi connectivity index (χ0) is 13.1. The Morgan fingerprint density at radius 1 is 1.56 bits per heavy atom. The van der Waals surface area contributed by atoms with E-state index in [1.807, 2.05) is 0 Å². The SMILES string of the molecule is CC(N)C1CCCN(Cc2ccc(F)c(Cl)c2)C1. The van der Waals surface area contributed by atoms with Crippen LogP contribution in [-0.4, -0.2) is 24.0 Å². The highest BCUT2D eigenvalue weighted by Gasteiger charge is 2.22. The monoisotopic (exact) mass is 270 g/mol. The van der Waals surface area contributed by atoms with E-state index < -0.39 is 0 Å². The lowest BCUT2D eigenvalue weighted by atomic mass is 9.92. The first kappa shape index (κ1) is 13.8. The molecule has 1 aliphatic rings. The largest absolute Gasteiger partial charge is 0.328 e. The lowest BCUT2D eigenvalue weighted by molar-refractivity contribution is 0.154. The van der Waals surface area contributed by atoms with E-state index in [1.165, 1.54) is 18.9 Å². The Morgan fingerprint density at radius 2 is 2.33 bits per heavy atom. The Hall–Kier alpha value is -0.640. The van der Waals surface area contributed by atoms with Crippen molar-refractivity contribution in [2.24, 2.45) is 11.7 Å². The van der Waals surface area contributed by atoms with Crippen molar-refractivity contribution in [2.75, 3.05) is 13.1 Å². The molecule has 1 aromatic carbocycles. The molecule has 2 nitrogen and oxygen atoms in total. The van der Waals surface area contributed by atoms with E-state index >= 15 is 0 Å². The molecule has 0 aromatic heterocycles. The maximum Gasteiger partial charge on any atom is 0.141 e. The van der Waals surface area contributed by atoms with Crippen LogP contribution in [0.4, 0.5) is 4.39 Å². The van der Waals surface area contributed by atoms with Crippen LogP contribution in [-0.2, 0) is 6.54 Å². The summed E-state index contributed by atoms with van der Waals surface area (Å²) < 4.78 is 13.1. The summed E-state index contributed by atoms with van der Waals surface area (Å²) in [6.07, 6.45) is 2.39. The molecule has 4 heteroatoms. The fraction of sp³-hybridized carbons (Fsp3) is 0.571. The number of likely N-dealkylation sites (tertiary alicyclic amines) is 1. The summed E-state index contributed by atoms with van der Waals surface area (Å²) in [5.41, 5.74) is 7.03. The van der Waals surface area contributed by atoms with E-state index in [9.17, 15) is 4.39 Å². The number of hydrogen-bond donors (Lipinski definition) is 1. The highest BCUT2D eigenvalue weighted by molar-refractivity contribution is 6.30. The highest BCUT2D eigenvalue weighted by atomic mass is 35.5. The fourth-order valence-electron chi connectivity index (χ4n) is 2.56. The van der Waals surface area contributed by atoms with Gasteiger partial charge in [-0.2, -0.15) is 0 Å². The van der Waals surface area contributed by atoms with Crippen LogP contribution in [0.15, 0.2) is 18.2 Å². The van der Waals surface area contributed by atoms with Crippen molar-refractivity contribution < 1.29 is 4.39 Å². The van der Waals surface area contributed by atoms with E-state index in [1.54, 1.807) is 12.1 Å². The summed E-state index contributed by atoms with van der Waals surface area (Å²) >= 11 is 5.80. The summed E-state index contributed by atoms with van der Waals surface area (Å²) in [4.78, 5) is 2.38. The molecule has 1 aromatic rings. The molecule has 1 saturated heterocycles. The molecule has 100 valence electrons. The average molecular weight is 271 g/mol. The molecule has 1 fully saturated rings. The molecule has 0 bridgehead atoms. The molecule has 0 amide bonds. The van der Waals surface area contributed by atoms with Gasteiger partial charge in [-0.3, -0.25) is 4.90 Å². The molecule has 2 unspecified atom stereocenters. The standard InChI is InChI=1S/C14H20ClFN2/c1-10(17)12-3-2-6-18(9-12)8-11-4-5-14(16)13(15)7-11/h4-5,7,10,12H,2-3,6,8-9,17H2,1H3. The second-order valence-electron chi connectivity index (χ2n) is 5.25. The van der Waals surface area contributed by atoms with Gasteiger partial charge < -0.3 is 5.73 Å². The van der Waals surface area contributed by atoms with Gasteiger partial charge >= 0.3 is 0 Å². The minimum atomic E-state index is -0.354. The highest BCUT2D eigenvalue weighted by Crippen LogP contribution is 2.22. The van der Waals surface area contributed by atoms with Gasteiger partial charge in [-0.15, -0.1) is 0 Å². The van der Waals surface area contributed by atoms with Crippen molar-refractivity contribution in [3.05, 3.63) is 34.6 Å². The number of rotatable bonds is 3. The molecular weight excluding hydrogens is 251 g/mol. The van der Waals surface area contributed by atoms with Gasteiger partial charge in [0, 0.05) is 19.1 Å². The van der Waals surface area contributed by atoms with Gasteiger partial charge in [0.2, 0.25) is 0 Å². The first-order chi connectivity index (χ1) is 8.56. The van der Waals surface area contributed by atoms with Crippen LogP contribution < -0.4 is 5.73 Å². The van der Waals surface area contributed by atoms with Crippen LogP contribution in [0, 0.1) is 11.7 Å². The fourth-order valence-corrected chi connectivity index (χ4v) is 2.76. The maximum absolute atomic E-state index is 13.1. The third-order valence-corrected chi connectivity index (χ3v) is 3.97. The van der Waals surface area contributed by atoms with Gasteiger partial charge in [-0.25, -0.2) is 4.39 Å². The van der Waals surface area contributed by atoms with Crippen LogP contribution in [0.3, 0.4) is 0 Å². The molecule has 1 heterocycles. The van der Waals surface area contributed by atoms with E-state index in [4.69, 9.17) is 17.3 Å². The van der Waals surface area contributed by atoms with E-state index in [-0.39, 0.29) is 16.9 Å². The number of halogens is 2. The zero-order valence-corrected chi connectivity index (χ0v) is 11.5. The minimum absolute atomic E-state index is 0.202. The van der Waals surface area contributed by atoms with Crippen LogP contribution in [0.1, 0.15) is 25.3 Å². The third-order valence-electron chi connectivity index (χ3n) is 3.68. The van der Waals surface area contributed by atoms with Crippen LogP contribution >= 0.6 is 11.6 Å². The molecule has 2 atom stereocenters. The van der Waals surface area contributed by atoms with Crippen LogP contribution in [0.25, 0.3) is 0 Å². The Balaban J connectivity index is 1.98. The first-order valence-corrected chi connectivity index (χ1v) is 6.86. The van der Waals surface area contributed by atoms with Crippen molar-refractivity contribution in [3.63, 3.8) is 0 Å². The number of nitrogens with two attached hydrogens (primary N) is 1. The molecule has 0 spiro atoms. The van der Waals surface area contributed by atoms with E-state index in [0.717, 1.165) is 25.2 Å². The molecule has 1 aliphatic heterocycles. The normalized spacial score (nSPS) is 23.0. The molecular formula is C14H20ClFN2. The summed E-state index contributed by atoms with van der Waals surface area (Å²) in [5.74, 6) is 0.210. The van der Waals surface area contributed by atoms with Gasteiger partial charge in [0.25, 0.3) is 0 Å². The third kappa shape index (κ3) is 3.44. The topological polar surface area (TPSA) is 29.3 Å². The molecule has 2 rings (SSSR count). The first-order valence-electron chi connectivity index (χ1n) is 6.48. The zero-order valence-electron chi connectivity index (χ0n) is 10.7. The number of piperidine rings is 1. The van der Waals surface area contributed by atoms with Gasteiger partial charge in [0.05, 0.1) is 5.02 Å². The van der Waals surface area contributed by atoms with Gasteiger partial charge in [-0.1, -0.05) is 17.7 Å². The van der Waals surface area contributed by atoms with Crippen LogP contribution in [0.5, 0.6) is 0 Å². The summed E-state index contributed by atoms with van der Waals surface area (Å²) in [5, 5.41) is 0.202. The van der Waals surface area contributed by atoms with Crippen molar-refractivity contribution in [1.29, 1.82) is 0 Å². The Morgan fingerprint density at radius 3 is 3.00 bits per heavy atom. The predicted octanol–water partition coefficient (Wildman–Crippen LogP) is 3.04. The minimum Gasteiger partial charge on any atom is -0.328 e. The molecule has 18 heavy (non-hydrogen) atoms. The second kappa shape index (κ2) is 6.00. The predicted molar refractivity (Wildman–Crippen MR) is 73.1 cm³/mol. The lowest BCUT2D eigenvalue weighted by Crippen LogP contribution is -2.41. The summed E-state index contributed by atoms with van der Waals surface area (Å²) in [6.45, 7) is 5.00. The van der Waals surface area contributed by atoms with Gasteiger partial charge in [-0.05, 0) is 49.9 Å². The molecule has 0 saturated carbocycles. The van der Waals surface area contributed by atoms with Crippen LogP contribution in [0.2, 0.25) is 5.02 Å². The van der Waals surface area contributed by atoms with Crippen molar-refractivity contribution in [1.82, 2.24) is 4.90 Å². The quantitative estimate of drug-likeness (QED) is 0.915. The van der Waals surface area contributed by atoms with Gasteiger partial charge in [0.1, 0.15) is 5.82 Å². The molecule has 0 radical (unpaired) electrons. The summed E-state index contributed by atoms with van der Waals surface area (Å²) in [7, 11) is 0. The number of hydrogen-bond acceptors (Lipinski definition) is 2. The average Bonchev–Trinajstić information content (AvgIpc) is 2.34. The summed E-state index contributed by atoms with van der Waals surface area (Å²) in [6, 6.07) is 5.19. The Bertz CT molecular complexity index is 409. The number of nitrogens with zero attached hydrogens (tertiary/aromatic N) is 1. The maximum atomic E-state index is 13.1. The number of benzene rings is 1. The van der Waals surface area contributed by atoms with Crippen molar-refractivity contribution in [3.8, 4) is 0 Å². The van der Waals surface area contributed by atoms with Gasteiger partial charge in [0.15, 0.2) is 0 Å². The Labute approximate surface area is 113 Å². The smallest absolute Gasteiger partial charge is 0.141 e. The lowest BCUT2D eigenvalue weighted by Gasteiger charge is -2.34. The van der Waals surface area contributed by atoms with E-state index in [0.29, 0.717) is 5.92 Å².